The molecule has 0 aliphatic heterocycles. The van der Waals surface area contributed by atoms with Crippen molar-refractivity contribution in [1.82, 2.24) is 5.32 Å². The van der Waals surface area contributed by atoms with E-state index in [9.17, 15) is 13.2 Å². The minimum atomic E-state index is -4.43. The number of halogens is 3. The molecule has 0 aromatic heterocycles. The molecule has 2 nitrogen and oxygen atoms in total. The zero-order chi connectivity index (χ0) is 10.7. The maximum absolute atomic E-state index is 12.4. The maximum atomic E-state index is 12.4. The molecule has 0 spiro atoms. The summed E-state index contributed by atoms with van der Waals surface area (Å²) >= 11 is 0. The second kappa shape index (κ2) is 4.28. The van der Waals surface area contributed by atoms with E-state index in [4.69, 9.17) is 5.11 Å². The average Bonchev–Trinajstić information content (AvgIpc) is 2.02. The molecule has 0 aromatic rings. The van der Waals surface area contributed by atoms with Crippen molar-refractivity contribution in [3.05, 3.63) is 0 Å². The quantitative estimate of drug-likeness (QED) is 0.722. The predicted molar refractivity (Wildman–Crippen MR) is 44.4 cm³/mol. The minimum absolute atomic E-state index is 0.265. The van der Waals surface area contributed by atoms with Crippen molar-refractivity contribution in [3.63, 3.8) is 0 Å². The molecule has 0 aliphatic carbocycles. The molecule has 0 rings (SSSR count). The van der Waals surface area contributed by atoms with Crippen molar-refractivity contribution in [2.75, 3.05) is 6.61 Å². The lowest BCUT2D eigenvalue weighted by Crippen LogP contribution is -2.59. The Balaban J connectivity index is 4.46. The molecule has 0 heterocycles. The Kier molecular flexibility index (Phi) is 4.19. The van der Waals surface area contributed by atoms with Gasteiger partial charge in [0.25, 0.3) is 0 Å². The van der Waals surface area contributed by atoms with E-state index in [0.717, 1.165) is 6.92 Å². The Morgan fingerprint density at radius 2 is 1.85 bits per heavy atom. The molecule has 2 atom stereocenters. The summed E-state index contributed by atoms with van der Waals surface area (Å²) in [6.45, 7) is 3.45. The first-order chi connectivity index (χ1) is 5.77. The molecule has 0 saturated carbocycles. The molecule has 13 heavy (non-hydrogen) atoms. The lowest BCUT2D eigenvalue weighted by atomic mass is 10.0. The van der Waals surface area contributed by atoms with Gasteiger partial charge >= 0.3 is 6.18 Å². The summed E-state index contributed by atoms with van der Waals surface area (Å²) in [5.41, 5.74) is -2.19. The van der Waals surface area contributed by atoms with Gasteiger partial charge < -0.3 is 5.11 Å². The summed E-state index contributed by atoms with van der Waals surface area (Å²) in [6, 6.07) is -0.265. The second-order valence-electron chi connectivity index (χ2n) is 3.44. The average molecular weight is 199 g/mol. The third-order valence-corrected chi connectivity index (χ3v) is 2.12. The first kappa shape index (κ1) is 12.7. The SMILES string of the molecule is CCC(C)NC(C)(CO)C(F)(F)F. The van der Waals surface area contributed by atoms with Gasteiger partial charge in [-0.1, -0.05) is 6.92 Å². The van der Waals surface area contributed by atoms with Crippen LogP contribution in [0.2, 0.25) is 0 Å². The van der Waals surface area contributed by atoms with Crippen LogP contribution in [0.5, 0.6) is 0 Å². The van der Waals surface area contributed by atoms with E-state index in [0.29, 0.717) is 6.42 Å². The third kappa shape index (κ3) is 3.15. The molecule has 0 bridgehead atoms. The Bertz CT molecular complexity index is 160. The Morgan fingerprint density at radius 3 is 2.08 bits per heavy atom. The van der Waals surface area contributed by atoms with Gasteiger partial charge in [-0.25, -0.2) is 0 Å². The molecule has 2 N–H and O–H groups in total. The summed E-state index contributed by atoms with van der Waals surface area (Å²) in [6.07, 6.45) is -3.84. The van der Waals surface area contributed by atoms with E-state index in [2.05, 4.69) is 5.32 Å². The van der Waals surface area contributed by atoms with Crippen LogP contribution in [0.1, 0.15) is 27.2 Å². The minimum Gasteiger partial charge on any atom is -0.394 e. The fraction of sp³-hybridized carbons (Fsp3) is 1.00. The Hall–Kier alpha value is -0.290. The van der Waals surface area contributed by atoms with Crippen molar-refractivity contribution >= 4 is 0 Å². The fourth-order valence-electron chi connectivity index (χ4n) is 0.863. The van der Waals surface area contributed by atoms with E-state index in [1.165, 1.54) is 0 Å². The molecular formula is C8H16F3NO. The van der Waals surface area contributed by atoms with Gasteiger partial charge in [-0.05, 0) is 20.3 Å². The van der Waals surface area contributed by atoms with E-state index in [1.54, 1.807) is 13.8 Å². The monoisotopic (exact) mass is 199 g/mol. The van der Waals surface area contributed by atoms with Crippen LogP contribution in [-0.2, 0) is 0 Å². The van der Waals surface area contributed by atoms with Gasteiger partial charge in [-0.3, -0.25) is 5.32 Å². The molecule has 0 radical (unpaired) electrons. The van der Waals surface area contributed by atoms with E-state index < -0.39 is 18.3 Å². The standard InChI is InChI=1S/C8H16F3NO/c1-4-6(2)12-7(3,5-13)8(9,10)11/h6,12-13H,4-5H2,1-3H3. The molecule has 0 amide bonds. The first-order valence-corrected chi connectivity index (χ1v) is 4.22. The fourth-order valence-corrected chi connectivity index (χ4v) is 0.863. The van der Waals surface area contributed by atoms with Crippen molar-refractivity contribution in [3.8, 4) is 0 Å². The Labute approximate surface area is 76.1 Å². The van der Waals surface area contributed by atoms with Crippen LogP contribution in [0.4, 0.5) is 13.2 Å². The van der Waals surface area contributed by atoms with Crippen molar-refractivity contribution in [2.45, 2.75) is 44.9 Å². The van der Waals surface area contributed by atoms with Gasteiger partial charge in [-0.2, -0.15) is 13.2 Å². The van der Waals surface area contributed by atoms with Crippen molar-refractivity contribution in [2.24, 2.45) is 0 Å². The summed E-state index contributed by atoms with van der Waals surface area (Å²) in [7, 11) is 0. The molecular weight excluding hydrogens is 183 g/mol. The van der Waals surface area contributed by atoms with Crippen molar-refractivity contribution < 1.29 is 18.3 Å². The topological polar surface area (TPSA) is 32.3 Å². The van der Waals surface area contributed by atoms with E-state index >= 15 is 0 Å². The predicted octanol–water partition coefficient (Wildman–Crippen LogP) is 1.69. The highest BCUT2D eigenvalue weighted by Gasteiger charge is 2.51. The van der Waals surface area contributed by atoms with Crippen LogP contribution < -0.4 is 5.32 Å². The van der Waals surface area contributed by atoms with E-state index in [1.807, 2.05) is 0 Å². The Morgan fingerprint density at radius 1 is 1.38 bits per heavy atom. The lowest BCUT2D eigenvalue weighted by Gasteiger charge is -2.33. The largest absolute Gasteiger partial charge is 0.408 e. The molecule has 0 fully saturated rings. The number of aliphatic hydroxyl groups is 1. The summed E-state index contributed by atoms with van der Waals surface area (Å²) in [5.74, 6) is 0. The first-order valence-electron chi connectivity index (χ1n) is 4.22. The van der Waals surface area contributed by atoms with Crippen LogP contribution >= 0.6 is 0 Å². The van der Waals surface area contributed by atoms with Crippen molar-refractivity contribution in [1.29, 1.82) is 0 Å². The number of hydrogen-bond donors (Lipinski definition) is 2. The van der Waals surface area contributed by atoms with E-state index in [-0.39, 0.29) is 6.04 Å². The molecule has 0 aliphatic rings. The highest BCUT2D eigenvalue weighted by atomic mass is 19.4. The number of rotatable bonds is 4. The van der Waals surface area contributed by atoms with Gasteiger partial charge in [0.15, 0.2) is 0 Å². The molecule has 0 aromatic carbocycles. The second-order valence-corrected chi connectivity index (χ2v) is 3.44. The van der Waals surface area contributed by atoms with Crippen LogP contribution in [0.25, 0.3) is 0 Å². The molecule has 5 heteroatoms. The normalized spacial score (nSPS) is 19.6. The maximum Gasteiger partial charge on any atom is 0.408 e. The smallest absolute Gasteiger partial charge is 0.394 e. The van der Waals surface area contributed by atoms with Gasteiger partial charge in [0.1, 0.15) is 5.54 Å². The summed E-state index contributed by atoms with van der Waals surface area (Å²) < 4.78 is 37.1. The summed E-state index contributed by atoms with van der Waals surface area (Å²) in [5, 5.41) is 11.0. The zero-order valence-electron chi connectivity index (χ0n) is 8.07. The highest BCUT2D eigenvalue weighted by Crippen LogP contribution is 2.30. The number of nitrogens with one attached hydrogen (secondary N) is 1. The lowest BCUT2D eigenvalue weighted by molar-refractivity contribution is -0.203. The molecule has 80 valence electrons. The zero-order valence-corrected chi connectivity index (χ0v) is 8.07. The summed E-state index contributed by atoms with van der Waals surface area (Å²) in [4.78, 5) is 0. The van der Waals surface area contributed by atoms with Crippen LogP contribution in [-0.4, -0.2) is 29.5 Å². The number of hydrogen-bond acceptors (Lipinski definition) is 2. The van der Waals surface area contributed by atoms with Gasteiger partial charge in [0, 0.05) is 6.04 Å². The highest BCUT2D eigenvalue weighted by molar-refractivity contribution is 4.91. The van der Waals surface area contributed by atoms with Crippen LogP contribution in [0.15, 0.2) is 0 Å². The number of aliphatic hydroxyl groups excluding tert-OH is 1. The van der Waals surface area contributed by atoms with Crippen LogP contribution in [0, 0.1) is 0 Å². The third-order valence-electron chi connectivity index (χ3n) is 2.12. The van der Waals surface area contributed by atoms with Crippen LogP contribution in [0.3, 0.4) is 0 Å². The van der Waals surface area contributed by atoms with Gasteiger partial charge in [0.05, 0.1) is 6.61 Å². The number of alkyl halides is 3. The van der Waals surface area contributed by atoms with Gasteiger partial charge in [-0.15, -0.1) is 0 Å². The molecule has 2 unspecified atom stereocenters. The van der Waals surface area contributed by atoms with Gasteiger partial charge in [0.2, 0.25) is 0 Å². The molecule has 0 saturated heterocycles.